The van der Waals surface area contributed by atoms with E-state index in [0.717, 1.165) is 13.0 Å². The predicted molar refractivity (Wildman–Crippen MR) is 134 cm³/mol. The molecule has 1 aliphatic carbocycles. The minimum atomic E-state index is -0.809. The molecule has 0 spiro atoms. The first-order valence-corrected chi connectivity index (χ1v) is 12.8. The van der Waals surface area contributed by atoms with Crippen LogP contribution in [0.25, 0.3) is 0 Å². The Balaban J connectivity index is 0.00000432. The minimum Gasteiger partial charge on any atom is -0.508 e. The number of hydrogen-bond acceptors (Lipinski definition) is 5. The molecule has 1 aromatic rings. The molecule has 2 amide bonds. The van der Waals surface area contributed by atoms with Gasteiger partial charge in [-0.15, -0.1) is 0 Å². The van der Waals surface area contributed by atoms with Crippen molar-refractivity contribution in [3.63, 3.8) is 0 Å². The number of phenols is 1. The third-order valence-corrected chi connectivity index (χ3v) is 7.50. The number of carbonyl (C=O) groups is 2. The number of piperidine rings is 1. The fourth-order valence-electron chi connectivity index (χ4n) is 5.58. The molecule has 0 unspecified atom stereocenters. The first kappa shape index (κ1) is 30.5. The van der Waals surface area contributed by atoms with Crippen LogP contribution in [0.3, 0.4) is 0 Å². The molecule has 1 saturated carbocycles. The summed E-state index contributed by atoms with van der Waals surface area (Å²) >= 11 is 0. The number of carbonyl (C=O) groups excluding carboxylic acids is 2. The zero-order valence-corrected chi connectivity index (χ0v) is 26.8. The van der Waals surface area contributed by atoms with E-state index >= 15 is 0 Å². The molecule has 7 nitrogen and oxygen atoms in total. The number of likely N-dealkylation sites (tertiary alicyclic amines) is 1. The number of phenolic OH excluding ortho intramolecular Hbond substituents is 1. The molecule has 1 heterocycles. The zero-order chi connectivity index (χ0) is 25.0. The van der Waals surface area contributed by atoms with Gasteiger partial charge in [0, 0.05) is 73.8 Å². The SMILES string of the molecule is CC[C@H](NC(=O)c1cccc(O)c1C)[C@H](O)CN1C[C@H]2CCCC[C@H]2C[C@H]1C(=O)NC(C)(C)C.[Ac]. The zero-order valence-electron chi connectivity index (χ0n) is 22.0. The number of rotatable bonds is 7. The first-order chi connectivity index (χ1) is 16.0. The monoisotopic (exact) mass is 700 g/mol. The molecule has 35 heavy (non-hydrogen) atoms. The number of nitrogens with zero attached hydrogens (tertiary/aromatic N) is 1. The van der Waals surface area contributed by atoms with E-state index < -0.39 is 12.1 Å². The van der Waals surface area contributed by atoms with Crippen LogP contribution in [0, 0.1) is 62.8 Å². The third kappa shape index (κ3) is 8.15. The fraction of sp³-hybridized carbons (Fsp3) is 0.704. The van der Waals surface area contributed by atoms with Crippen LogP contribution >= 0.6 is 0 Å². The summed E-state index contributed by atoms with van der Waals surface area (Å²) in [6.07, 6.45) is 5.39. The van der Waals surface area contributed by atoms with Gasteiger partial charge < -0.3 is 20.8 Å². The van der Waals surface area contributed by atoms with Crippen molar-refractivity contribution in [3.05, 3.63) is 29.3 Å². The minimum absolute atomic E-state index is 0. The smallest absolute Gasteiger partial charge is 0.251 e. The van der Waals surface area contributed by atoms with Crippen LogP contribution in [0.1, 0.15) is 82.1 Å². The van der Waals surface area contributed by atoms with Crippen LogP contribution < -0.4 is 10.6 Å². The topological polar surface area (TPSA) is 102 Å². The molecule has 193 valence electrons. The molecule has 4 N–H and O–H groups in total. The summed E-state index contributed by atoms with van der Waals surface area (Å²) in [5.74, 6) is 0.908. The number of benzene rings is 1. The van der Waals surface area contributed by atoms with E-state index in [1.807, 2.05) is 27.7 Å². The molecule has 3 rings (SSSR count). The summed E-state index contributed by atoms with van der Waals surface area (Å²) in [6, 6.07) is 4.14. The number of hydrogen-bond donors (Lipinski definition) is 4. The molecule has 1 aromatic carbocycles. The number of fused-ring (bicyclic) bond motifs is 1. The van der Waals surface area contributed by atoms with Gasteiger partial charge in [-0.05, 0) is 70.9 Å². The first-order valence-electron chi connectivity index (χ1n) is 12.8. The quantitative estimate of drug-likeness (QED) is 0.350. The summed E-state index contributed by atoms with van der Waals surface area (Å²) in [4.78, 5) is 28.3. The van der Waals surface area contributed by atoms with Gasteiger partial charge in [0.15, 0.2) is 0 Å². The maximum absolute atomic E-state index is 13.2. The van der Waals surface area contributed by atoms with E-state index in [2.05, 4.69) is 15.5 Å². The van der Waals surface area contributed by atoms with E-state index in [9.17, 15) is 19.8 Å². The maximum Gasteiger partial charge on any atom is 0.251 e. The summed E-state index contributed by atoms with van der Waals surface area (Å²) in [7, 11) is 0. The Bertz CT molecular complexity index is 872. The number of aliphatic hydroxyl groups is 1. The Morgan fingerprint density at radius 2 is 1.83 bits per heavy atom. The van der Waals surface area contributed by atoms with E-state index in [4.69, 9.17) is 0 Å². The molecular formula is C27H43AcN3O4. The predicted octanol–water partition coefficient (Wildman–Crippen LogP) is 3.37. The molecule has 0 bridgehead atoms. The van der Waals surface area contributed by atoms with Crippen LogP contribution in [0.5, 0.6) is 5.75 Å². The molecule has 2 aliphatic rings. The Kier molecular flexibility index (Phi) is 11.5. The van der Waals surface area contributed by atoms with Gasteiger partial charge in [-0.2, -0.15) is 0 Å². The molecule has 1 radical (unpaired) electrons. The van der Waals surface area contributed by atoms with Gasteiger partial charge in [-0.3, -0.25) is 14.5 Å². The van der Waals surface area contributed by atoms with Crippen molar-refractivity contribution in [2.45, 2.75) is 96.9 Å². The van der Waals surface area contributed by atoms with Gasteiger partial charge in [0.05, 0.1) is 18.2 Å². The van der Waals surface area contributed by atoms with E-state index in [0.29, 0.717) is 35.9 Å². The largest absolute Gasteiger partial charge is 0.508 e. The third-order valence-electron chi connectivity index (χ3n) is 7.50. The average molecular weight is 701 g/mol. The number of aromatic hydroxyl groups is 1. The number of amides is 2. The van der Waals surface area contributed by atoms with Crippen molar-refractivity contribution < 1.29 is 63.9 Å². The van der Waals surface area contributed by atoms with Crippen LogP contribution in [-0.2, 0) is 4.79 Å². The second-order valence-corrected chi connectivity index (χ2v) is 11.3. The van der Waals surface area contributed by atoms with Crippen LogP contribution in [-0.4, -0.2) is 63.7 Å². The Morgan fingerprint density at radius 3 is 2.46 bits per heavy atom. The summed E-state index contributed by atoms with van der Waals surface area (Å²) < 4.78 is 0. The van der Waals surface area contributed by atoms with Crippen molar-refractivity contribution >= 4 is 11.8 Å². The molecule has 0 aromatic heterocycles. The number of β-amino-alcohol motifs (C(OH)–C–C–N with tert-alkyl or cyclic N) is 1. The Morgan fingerprint density at radius 1 is 1.17 bits per heavy atom. The number of nitrogens with one attached hydrogen (secondary N) is 2. The van der Waals surface area contributed by atoms with Gasteiger partial charge >= 0.3 is 0 Å². The van der Waals surface area contributed by atoms with Crippen LogP contribution in [0.15, 0.2) is 18.2 Å². The van der Waals surface area contributed by atoms with Gasteiger partial charge in [0.2, 0.25) is 5.91 Å². The van der Waals surface area contributed by atoms with E-state index in [-0.39, 0.29) is 73.2 Å². The van der Waals surface area contributed by atoms with Crippen molar-refractivity contribution in [2.24, 2.45) is 11.8 Å². The molecule has 1 saturated heterocycles. The van der Waals surface area contributed by atoms with Gasteiger partial charge in [-0.25, -0.2) is 0 Å². The Hall–Kier alpha value is -0.678. The van der Waals surface area contributed by atoms with Gasteiger partial charge in [0.1, 0.15) is 5.75 Å². The standard InChI is InChI=1S/C27H43N3O4.Ac/c1-6-21(28-25(33)20-12-9-13-23(31)17(20)2)24(32)16-30-15-19-11-8-7-10-18(19)14-22(30)26(34)29-27(3,4)5;/h9,12-13,18-19,21-22,24,31-32H,6-8,10-11,14-16H2,1-5H3,(H,28,33)(H,29,34);/t18-,19+,21-,22-,24+;/m0./s1. The van der Waals surface area contributed by atoms with Crippen molar-refractivity contribution in [1.29, 1.82) is 0 Å². The van der Waals surface area contributed by atoms with Gasteiger partial charge in [0.25, 0.3) is 5.91 Å². The molecule has 5 atom stereocenters. The second kappa shape index (κ2) is 13.2. The summed E-state index contributed by atoms with van der Waals surface area (Å²) in [5, 5.41) is 27.2. The average Bonchev–Trinajstić information content (AvgIpc) is 2.77. The van der Waals surface area contributed by atoms with Crippen molar-refractivity contribution in [1.82, 2.24) is 15.5 Å². The van der Waals surface area contributed by atoms with Crippen LogP contribution in [0.4, 0.5) is 0 Å². The van der Waals surface area contributed by atoms with E-state index in [1.54, 1.807) is 25.1 Å². The van der Waals surface area contributed by atoms with Crippen molar-refractivity contribution in [3.8, 4) is 5.75 Å². The summed E-state index contributed by atoms with van der Waals surface area (Å²) in [5.41, 5.74) is 0.600. The molecule has 2 fully saturated rings. The summed E-state index contributed by atoms with van der Waals surface area (Å²) in [6.45, 7) is 10.7. The fourth-order valence-corrected chi connectivity index (χ4v) is 5.58. The van der Waals surface area contributed by atoms with Crippen LogP contribution in [0.2, 0.25) is 0 Å². The second-order valence-electron chi connectivity index (χ2n) is 11.3. The normalized spacial score (nSPS) is 24.5. The van der Waals surface area contributed by atoms with Crippen molar-refractivity contribution in [2.75, 3.05) is 13.1 Å². The van der Waals surface area contributed by atoms with E-state index in [1.165, 1.54) is 25.7 Å². The maximum atomic E-state index is 13.2. The number of aliphatic hydroxyl groups excluding tert-OH is 1. The Labute approximate surface area is 246 Å². The molecular weight excluding hydrogens is 657 g/mol. The molecule has 8 heteroatoms. The van der Waals surface area contributed by atoms with Gasteiger partial charge in [-0.1, -0.05) is 32.3 Å². The molecule has 1 aliphatic heterocycles.